The topological polar surface area (TPSA) is 94.1 Å². The monoisotopic (exact) mass is 838 g/mol. The summed E-state index contributed by atoms with van der Waals surface area (Å²) in [5.74, 6) is -0.338. The number of carbonyl (C=O) groups is 1. The molecular formula is C49H92NO7P. The molecule has 0 saturated heterocycles. The van der Waals surface area contributed by atoms with Gasteiger partial charge in [-0.3, -0.25) is 9.36 Å². The highest BCUT2D eigenvalue weighted by atomic mass is 31.2. The van der Waals surface area contributed by atoms with Crippen molar-refractivity contribution in [1.82, 2.24) is 0 Å². The average Bonchev–Trinajstić information content (AvgIpc) is 3.18. The smallest absolute Gasteiger partial charge is 0.306 e. The number of phosphoric acid groups is 1. The zero-order chi connectivity index (χ0) is 42.7. The second-order valence-corrected chi connectivity index (χ2v) is 18.5. The van der Waals surface area contributed by atoms with Crippen molar-refractivity contribution < 1.29 is 37.3 Å². The zero-order valence-electron chi connectivity index (χ0n) is 38.5. The van der Waals surface area contributed by atoms with Crippen molar-refractivity contribution in [2.45, 2.75) is 206 Å². The molecule has 0 aromatic carbocycles. The lowest BCUT2D eigenvalue weighted by atomic mass is 10.0. The molecule has 58 heavy (non-hydrogen) atoms. The number of ether oxygens (including phenoxy) is 2. The summed E-state index contributed by atoms with van der Waals surface area (Å²) in [6.45, 7) is 5.31. The number of hydrogen-bond donors (Lipinski definition) is 0. The number of phosphoric ester groups is 1. The molecule has 2 unspecified atom stereocenters. The van der Waals surface area contributed by atoms with E-state index in [9.17, 15) is 14.3 Å². The van der Waals surface area contributed by atoms with E-state index >= 15 is 0 Å². The number of nitrogens with zero attached hydrogens (tertiary/aromatic N) is 1. The predicted octanol–water partition coefficient (Wildman–Crippen LogP) is 13.7. The normalized spacial score (nSPS) is 14.1. The minimum atomic E-state index is -4.53. The fourth-order valence-corrected chi connectivity index (χ4v) is 7.21. The molecule has 0 amide bonds. The van der Waals surface area contributed by atoms with Crippen molar-refractivity contribution in [2.75, 3.05) is 54.1 Å². The second kappa shape index (κ2) is 42.2. The van der Waals surface area contributed by atoms with Crippen molar-refractivity contribution in [3.8, 4) is 0 Å². The van der Waals surface area contributed by atoms with Crippen LogP contribution in [0.15, 0.2) is 48.6 Å². The van der Waals surface area contributed by atoms with E-state index in [0.29, 0.717) is 24.1 Å². The summed E-state index contributed by atoms with van der Waals surface area (Å²) in [6.07, 6.45) is 51.2. The maximum atomic E-state index is 12.7. The Kier molecular flexibility index (Phi) is 41.0. The van der Waals surface area contributed by atoms with E-state index in [2.05, 4.69) is 62.5 Å². The number of carbonyl (C=O) groups excluding carboxylic acids is 1. The molecule has 0 aliphatic rings. The molecule has 9 heteroatoms. The van der Waals surface area contributed by atoms with Gasteiger partial charge in [-0.2, -0.15) is 0 Å². The SMILES string of the molecule is CC/C=C\C/C=C\C/C=C\C/C=C\CCCCCCCCCCCCC(=O)OC(COCCCCCCCCCCCCCCC)COP(=O)([O-])OCC[N+](C)(C)C. The predicted molar refractivity (Wildman–Crippen MR) is 245 cm³/mol. The molecule has 0 aromatic rings. The van der Waals surface area contributed by atoms with Gasteiger partial charge in [0, 0.05) is 13.0 Å². The number of allylic oxidation sites excluding steroid dienone is 8. The lowest BCUT2D eigenvalue weighted by Gasteiger charge is -2.28. The molecule has 0 bridgehead atoms. The van der Waals surface area contributed by atoms with Crippen LogP contribution < -0.4 is 4.89 Å². The summed E-state index contributed by atoms with van der Waals surface area (Å²) in [6, 6.07) is 0. The van der Waals surface area contributed by atoms with Crippen molar-refractivity contribution in [3.63, 3.8) is 0 Å². The van der Waals surface area contributed by atoms with Crippen LogP contribution in [0.5, 0.6) is 0 Å². The molecule has 0 spiro atoms. The minimum absolute atomic E-state index is 0.0253. The van der Waals surface area contributed by atoms with Gasteiger partial charge in [-0.1, -0.05) is 191 Å². The fourth-order valence-electron chi connectivity index (χ4n) is 6.48. The van der Waals surface area contributed by atoms with Gasteiger partial charge in [-0.25, -0.2) is 0 Å². The lowest BCUT2D eigenvalue weighted by molar-refractivity contribution is -0.870. The Hall–Kier alpha value is -1.54. The van der Waals surface area contributed by atoms with Crippen LogP contribution in [0.2, 0.25) is 0 Å². The number of hydrogen-bond acceptors (Lipinski definition) is 7. The Balaban J connectivity index is 4.14. The highest BCUT2D eigenvalue weighted by Crippen LogP contribution is 2.38. The van der Waals surface area contributed by atoms with E-state index in [4.69, 9.17) is 18.5 Å². The van der Waals surface area contributed by atoms with Crippen molar-refractivity contribution in [1.29, 1.82) is 0 Å². The van der Waals surface area contributed by atoms with E-state index in [0.717, 1.165) is 57.8 Å². The molecule has 0 fully saturated rings. The lowest BCUT2D eigenvalue weighted by Crippen LogP contribution is -2.37. The maximum absolute atomic E-state index is 12.7. The molecule has 2 atom stereocenters. The summed E-state index contributed by atoms with van der Waals surface area (Å²) < 4.78 is 34.6. The van der Waals surface area contributed by atoms with E-state index < -0.39 is 13.9 Å². The van der Waals surface area contributed by atoms with Crippen LogP contribution in [0.3, 0.4) is 0 Å². The molecular weight excluding hydrogens is 746 g/mol. The Morgan fingerprint density at radius 3 is 1.50 bits per heavy atom. The quantitative estimate of drug-likeness (QED) is 0.0198. The third-order valence-electron chi connectivity index (χ3n) is 10.1. The van der Waals surface area contributed by atoms with Gasteiger partial charge in [-0.15, -0.1) is 0 Å². The highest BCUT2D eigenvalue weighted by molar-refractivity contribution is 7.45. The largest absolute Gasteiger partial charge is 0.756 e. The van der Waals surface area contributed by atoms with Gasteiger partial charge in [-0.05, 0) is 51.4 Å². The molecule has 0 aliphatic carbocycles. The van der Waals surface area contributed by atoms with Crippen LogP contribution in [0.4, 0.5) is 0 Å². The third kappa shape index (κ3) is 45.5. The van der Waals surface area contributed by atoms with Gasteiger partial charge in [0.05, 0.1) is 34.4 Å². The summed E-state index contributed by atoms with van der Waals surface area (Å²) >= 11 is 0. The molecule has 0 heterocycles. The summed E-state index contributed by atoms with van der Waals surface area (Å²) in [5.41, 5.74) is 0. The van der Waals surface area contributed by atoms with Crippen LogP contribution >= 0.6 is 7.82 Å². The average molecular weight is 838 g/mol. The fraction of sp³-hybridized carbons (Fsp3) is 0.816. The summed E-state index contributed by atoms with van der Waals surface area (Å²) in [4.78, 5) is 25.1. The summed E-state index contributed by atoms with van der Waals surface area (Å²) in [5, 5.41) is 0. The third-order valence-corrected chi connectivity index (χ3v) is 11.1. The maximum Gasteiger partial charge on any atom is 0.306 e. The van der Waals surface area contributed by atoms with Crippen molar-refractivity contribution >= 4 is 13.8 Å². The van der Waals surface area contributed by atoms with Gasteiger partial charge < -0.3 is 27.9 Å². The minimum Gasteiger partial charge on any atom is -0.756 e. The van der Waals surface area contributed by atoms with Crippen LogP contribution in [0.25, 0.3) is 0 Å². The van der Waals surface area contributed by atoms with E-state index in [1.165, 1.54) is 122 Å². The molecule has 0 aromatic heterocycles. The molecule has 0 saturated carbocycles. The van der Waals surface area contributed by atoms with Gasteiger partial charge in [0.25, 0.3) is 7.82 Å². The first-order valence-electron chi connectivity index (χ1n) is 23.9. The number of likely N-dealkylation sites (N-methyl/N-ethyl adjacent to an activating group) is 1. The van der Waals surface area contributed by atoms with Gasteiger partial charge in [0.15, 0.2) is 0 Å². The Labute approximate surface area is 358 Å². The first-order chi connectivity index (χ1) is 28.1. The van der Waals surface area contributed by atoms with Gasteiger partial charge in [0.1, 0.15) is 19.3 Å². The highest BCUT2D eigenvalue weighted by Gasteiger charge is 2.20. The van der Waals surface area contributed by atoms with Crippen LogP contribution in [-0.2, 0) is 27.9 Å². The Morgan fingerprint density at radius 1 is 0.552 bits per heavy atom. The number of unbranched alkanes of at least 4 members (excludes halogenated alkanes) is 22. The van der Waals surface area contributed by atoms with E-state index in [1.54, 1.807) is 0 Å². The van der Waals surface area contributed by atoms with Crippen LogP contribution in [-0.4, -0.2) is 70.7 Å². The van der Waals surface area contributed by atoms with Crippen molar-refractivity contribution in [3.05, 3.63) is 48.6 Å². The zero-order valence-corrected chi connectivity index (χ0v) is 39.4. The first kappa shape index (κ1) is 56.5. The number of rotatable bonds is 44. The van der Waals surface area contributed by atoms with Crippen LogP contribution in [0.1, 0.15) is 200 Å². The molecule has 340 valence electrons. The van der Waals surface area contributed by atoms with Gasteiger partial charge >= 0.3 is 5.97 Å². The standard InChI is InChI=1S/C49H92NO7P/c1-6-8-10-12-14-16-18-20-21-22-23-24-25-26-27-28-29-30-32-34-36-38-40-42-49(51)57-48(47-56-58(52,53)55-45-43-50(3,4)5)46-54-44-41-39-37-35-33-31-19-17-15-13-11-9-7-2/h8,10,14,16,20-21,23-24,48H,6-7,9,11-13,15,17-19,22,25-47H2,1-5H3/b10-8-,16-14-,21-20-,24-23-. The second-order valence-electron chi connectivity index (χ2n) is 17.1. The number of esters is 1. The molecule has 0 rings (SSSR count). The van der Waals surface area contributed by atoms with E-state index in [1.807, 2.05) is 21.1 Å². The molecule has 8 nitrogen and oxygen atoms in total. The number of quaternary nitrogens is 1. The molecule has 0 N–H and O–H groups in total. The molecule has 0 radical (unpaired) electrons. The van der Waals surface area contributed by atoms with E-state index in [-0.39, 0.29) is 25.8 Å². The summed E-state index contributed by atoms with van der Waals surface area (Å²) in [7, 11) is 1.36. The molecule has 0 aliphatic heterocycles. The Morgan fingerprint density at radius 2 is 1.00 bits per heavy atom. The first-order valence-corrected chi connectivity index (χ1v) is 25.3. The van der Waals surface area contributed by atoms with Crippen LogP contribution in [0, 0.1) is 0 Å². The van der Waals surface area contributed by atoms with Gasteiger partial charge in [0.2, 0.25) is 0 Å². The van der Waals surface area contributed by atoms with Crippen molar-refractivity contribution in [2.24, 2.45) is 0 Å². The Bertz CT molecular complexity index is 1070.